The topological polar surface area (TPSA) is 68.1 Å². The molecule has 5 rings (SSSR count). The Kier molecular flexibility index (Phi) is 4.80. The predicted octanol–water partition coefficient (Wildman–Crippen LogP) is 3.92. The molecule has 2 aromatic carbocycles. The van der Waals surface area contributed by atoms with E-state index in [-0.39, 0.29) is 0 Å². The smallest absolute Gasteiger partial charge is 0.228 e. The minimum absolute atomic E-state index is 0.690. The van der Waals surface area contributed by atoms with Crippen molar-refractivity contribution in [1.29, 1.82) is 0 Å². The van der Waals surface area contributed by atoms with E-state index in [2.05, 4.69) is 58.5 Å². The van der Waals surface area contributed by atoms with Crippen molar-refractivity contribution >= 4 is 28.5 Å². The van der Waals surface area contributed by atoms with E-state index < -0.39 is 0 Å². The fraction of sp³-hybridized carbons (Fsp3) is 0.261. The minimum Gasteiger partial charge on any atom is -0.378 e. The molecule has 2 aromatic heterocycles. The number of aromatic nitrogens is 4. The Morgan fingerprint density at radius 2 is 1.77 bits per heavy atom. The number of imidazole rings is 1. The largest absolute Gasteiger partial charge is 0.378 e. The normalized spacial score (nSPS) is 14.3. The molecule has 1 N–H and O–H groups in total. The number of hydrogen-bond acceptors (Lipinski definition) is 6. The van der Waals surface area contributed by atoms with Crippen LogP contribution in [0.1, 0.15) is 5.56 Å². The number of nitrogens with one attached hydrogen (secondary N) is 1. The Hall–Kier alpha value is -3.45. The van der Waals surface area contributed by atoms with Crippen LogP contribution in [0.3, 0.4) is 0 Å². The Bertz CT molecular complexity index is 1180. The van der Waals surface area contributed by atoms with E-state index >= 15 is 0 Å². The van der Waals surface area contributed by atoms with Gasteiger partial charge in [-0.1, -0.05) is 23.8 Å². The molecule has 7 nitrogen and oxygen atoms in total. The maximum atomic E-state index is 5.50. The zero-order chi connectivity index (χ0) is 20.5. The number of hydrogen-bond donors (Lipinski definition) is 1. The maximum absolute atomic E-state index is 5.50. The highest BCUT2D eigenvalue weighted by atomic mass is 16.5. The van der Waals surface area contributed by atoms with E-state index in [0.29, 0.717) is 13.2 Å². The third-order valence-corrected chi connectivity index (χ3v) is 5.35. The highest BCUT2D eigenvalue weighted by Gasteiger charge is 2.17. The van der Waals surface area contributed by atoms with Gasteiger partial charge in [0.2, 0.25) is 5.95 Å². The summed E-state index contributed by atoms with van der Waals surface area (Å²) < 4.78 is 7.53. The molecular weight excluding hydrogens is 376 g/mol. The van der Waals surface area contributed by atoms with Crippen LogP contribution in [0.5, 0.6) is 0 Å². The molecule has 0 radical (unpaired) electrons. The van der Waals surface area contributed by atoms with Gasteiger partial charge in [0.15, 0.2) is 0 Å². The molecule has 0 atom stereocenters. The molecule has 1 aliphatic rings. The number of rotatable bonds is 4. The van der Waals surface area contributed by atoms with Gasteiger partial charge in [0.05, 0.1) is 36.3 Å². The fourth-order valence-electron chi connectivity index (χ4n) is 3.62. The summed E-state index contributed by atoms with van der Waals surface area (Å²) >= 11 is 0. The van der Waals surface area contributed by atoms with Crippen LogP contribution < -0.4 is 10.2 Å². The molecule has 4 aromatic rings. The Morgan fingerprint density at radius 1 is 0.967 bits per heavy atom. The summed E-state index contributed by atoms with van der Waals surface area (Å²) in [4.78, 5) is 16.3. The van der Waals surface area contributed by atoms with Gasteiger partial charge < -0.3 is 19.5 Å². The van der Waals surface area contributed by atoms with E-state index in [4.69, 9.17) is 14.7 Å². The zero-order valence-electron chi connectivity index (χ0n) is 17.2. The average Bonchev–Trinajstić information content (AvgIpc) is 3.16. The first-order chi connectivity index (χ1) is 14.7. The van der Waals surface area contributed by atoms with Crippen LogP contribution in [0.25, 0.3) is 22.3 Å². The lowest BCUT2D eigenvalue weighted by Gasteiger charge is -2.27. The van der Waals surface area contributed by atoms with Crippen LogP contribution in [-0.2, 0) is 11.8 Å². The number of benzene rings is 2. The molecule has 0 amide bonds. The van der Waals surface area contributed by atoms with Gasteiger partial charge in [-0.2, -0.15) is 4.98 Å². The van der Waals surface area contributed by atoms with Crippen molar-refractivity contribution in [3.63, 3.8) is 0 Å². The summed E-state index contributed by atoms with van der Waals surface area (Å²) in [5.41, 5.74) is 6.19. The summed E-state index contributed by atoms with van der Waals surface area (Å²) in [6.07, 6.45) is 1.83. The number of nitrogens with zero attached hydrogens (tertiary/aromatic N) is 5. The molecule has 0 saturated carbocycles. The van der Waals surface area contributed by atoms with E-state index in [1.165, 1.54) is 5.56 Å². The SMILES string of the molecule is Cc1ccc(Nc2cc(-c3ccc4ncn(C)c4c3)nc(N3CCOCC3)n2)cc1. The number of anilines is 3. The second-order valence-corrected chi connectivity index (χ2v) is 7.59. The number of aryl methyl sites for hydroxylation is 2. The molecule has 1 saturated heterocycles. The summed E-state index contributed by atoms with van der Waals surface area (Å²) in [5.74, 6) is 1.49. The maximum Gasteiger partial charge on any atom is 0.228 e. The van der Waals surface area contributed by atoms with Crippen molar-refractivity contribution in [2.45, 2.75) is 6.92 Å². The van der Waals surface area contributed by atoms with Crippen LogP contribution in [0.15, 0.2) is 54.9 Å². The molecule has 0 unspecified atom stereocenters. The van der Waals surface area contributed by atoms with E-state index in [1.807, 2.05) is 30.1 Å². The fourth-order valence-corrected chi connectivity index (χ4v) is 3.62. The molecule has 0 aliphatic carbocycles. The first-order valence-corrected chi connectivity index (χ1v) is 10.1. The monoisotopic (exact) mass is 400 g/mol. The predicted molar refractivity (Wildman–Crippen MR) is 119 cm³/mol. The Labute approximate surface area is 175 Å². The van der Waals surface area contributed by atoms with E-state index in [1.54, 1.807) is 0 Å². The summed E-state index contributed by atoms with van der Waals surface area (Å²) in [6.45, 7) is 5.03. The Morgan fingerprint density at radius 3 is 2.57 bits per heavy atom. The van der Waals surface area contributed by atoms with Crippen molar-refractivity contribution in [1.82, 2.24) is 19.5 Å². The number of ether oxygens (including phenoxy) is 1. The lowest BCUT2D eigenvalue weighted by Crippen LogP contribution is -2.37. The van der Waals surface area contributed by atoms with Crippen LogP contribution in [0, 0.1) is 6.92 Å². The first-order valence-electron chi connectivity index (χ1n) is 10.1. The van der Waals surface area contributed by atoms with Gasteiger partial charge in [-0.15, -0.1) is 0 Å². The first kappa shape index (κ1) is 18.6. The van der Waals surface area contributed by atoms with Crippen molar-refractivity contribution < 1.29 is 4.74 Å². The highest BCUT2D eigenvalue weighted by Crippen LogP contribution is 2.27. The second kappa shape index (κ2) is 7.76. The van der Waals surface area contributed by atoms with Crippen molar-refractivity contribution in [2.75, 3.05) is 36.5 Å². The average molecular weight is 400 g/mol. The van der Waals surface area contributed by atoms with Gasteiger partial charge in [0, 0.05) is 37.5 Å². The van der Waals surface area contributed by atoms with E-state index in [0.717, 1.165) is 52.8 Å². The zero-order valence-corrected chi connectivity index (χ0v) is 17.2. The second-order valence-electron chi connectivity index (χ2n) is 7.59. The number of morpholine rings is 1. The highest BCUT2D eigenvalue weighted by molar-refractivity contribution is 5.82. The van der Waals surface area contributed by atoms with Gasteiger partial charge in [-0.05, 0) is 31.2 Å². The summed E-state index contributed by atoms with van der Waals surface area (Å²) in [7, 11) is 2.00. The molecule has 7 heteroatoms. The minimum atomic E-state index is 0.690. The Balaban J connectivity index is 1.57. The summed E-state index contributed by atoms with van der Waals surface area (Å²) in [6, 6.07) is 16.5. The van der Waals surface area contributed by atoms with Crippen molar-refractivity contribution in [3.8, 4) is 11.3 Å². The molecule has 1 fully saturated rings. The van der Waals surface area contributed by atoms with Crippen molar-refractivity contribution in [3.05, 3.63) is 60.4 Å². The quantitative estimate of drug-likeness (QED) is 0.560. The third kappa shape index (κ3) is 3.71. The van der Waals surface area contributed by atoms with Gasteiger partial charge in [0.1, 0.15) is 5.82 Å². The molecular formula is C23H24N6O. The van der Waals surface area contributed by atoms with Crippen molar-refractivity contribution in [2.24, 2.45) is 7.05 Å². The van der Waals surface area contributed by atoms with Crippen LogP contribution in [0.4, 0.5) is 17.5 Å². The molecule has 152 valence electrons. The molecule has 0 spiro atoms. The lowest BCUT2D eigenvalue weighted by molar-refractivity contribution is 0.122. The van der Waals surface area contributed by atoms with Gasteiger partial charge in [-0.25, -0.2) is 9.97 Å². The van der Waals surface area contributed by atoms with Gasteiger partial charge in [0.25, 0.3) is 0 Å². The number of fused-ring (bicyclic) bond motifs is 1. The standard InChI is InChI=1S/C23H24N6O/c1-16-3-6-18(7-4-16)25-22-14-20(26-23(27-22)29-9-11-30-12-10-29)17-5-8-19-21(13-17)28(2)15-24-19/h3-8,13-15H,9-12H2,1-2H3,(H,25,26,27). The third-order valence-electron chi connectivity index (χ3n) is 5.35. The van der Waals surface area contributed by atoms with Crippen LogP contribution in [-0.4, -0.2) is 45.8 Å². The molecule has 3 heterocycles. The van der Waals surface area contributed by atoms with E-state index in [9.17, 15) is 0 Å². The summed E-state index contributed by atoms with van der Waals surface area (Å²) in [5, 5.41) is 3.44. The molecule has 30 heavy (non-hydrogen) atoms. The van der Waals surface area contributed by atoms with Crippen LogP contribution >= 0.6 is 0 Å². The van der Waals surface area contributed by atoms with Gasteiger partial charge >= 0.3 is 0 Å². The lowest BCUT2D eigenvalue weighted by atomic mass is 10.1. The van der Waals surface area contributed by atoms with Gasteiger partial charge in [-0.3, -0.25) is 0 Å². The molecule has 0 bridgehead atoms. The van der Waals surface area contributed by atoms with Crippen LogP contribution in [0.2, 0.25) is 0 Å². The molecule has 1 aliphatic heterocycles.